The third-order valence-electron chi connectivity index (χ3n) is 5.43. The van der Waals surface area contributed by atoms with Crippen molar-refractivity contribution in [2.24, 2.45) is 0 Å². The molecule has 3 aromatic rings. The van der Waals surface area contributed by atoms with Crippen LogP contribution < -0.4 is 19.5 Å². The molecule has 0 saturated carbocycles. The van der Waals surface area contributed by atoms with Crippen LogP contribution in [-0.4, -0.2) is 48.8 Å². The molecule has 0 unspecified atom stereocenters. The summed E-state index contributed by atoms with van der Waals surface area (Å²) in [4.78, 5) is 39.4. The molecule has 1 aliphatic rings. The zero-order chi connectivity index (χ0) is 27.1. The number of carbonyl (C=O) groups is 3. The normalized spacial score (nSPS) is 14.1. The first-order valence-electron chi connectivity index (χ1n) is 11.6. The molecule has 1 aliphatic heterocycles. The fourth-order valence-electron chi connectivity index (χ4n) is 3.65. The molecule has 1 heterocycles. The van der Waals surface area contributed by atoms with E-state index in [1.54, 1.807) is 49.6 Å². The molecule has 0 bridgehead atoms. The zero-order valence-electron chi connectivity index (χ0n) is 20.7. The number of hydrogen-bond acceptors (Lipinski definition) is 7. The monoisotopic (exact) mass is 596 g/mol. The van der Waals surface area contributed by atoms with Crippen LogP contribution in [-0.2, 0) is 9.59 Å². The third-order valence-corrected chi connectivity index (χ3v) is 6.83. The molecule has 8 nitrogen and oxygen atoms in total. The summed E-state index contributed by atoms with van der Waals surface area (Å²) in [6.45, 7) is 1.92. The number of carbonyl (C=O) groups excluding carboxylic acids is 3. The first-order valence-corrected chi connectivity index (χ1v) is 13.2. The van der Waals surface area contributed by atoms with Gasteiger partial charge >= 0.3 is 0 Å². The van der Waals surface area contributed by atoms with Gasteiger partial charge < -0.3 is 19.5 Å². The highest BCUT2D eigenvalue weighted by Crippen LogP contribution is 2.35. The summed E-state index contributed by atoms with van der Waals surface area (Å²) in [6.07, 6.45) is 1.59. The molecular formula is C28H25BrN2O6S. The van der Waals surface area contributed by atoms with E-state index in [0.29, 0.717) is 28.5 Å². The number of imide groups is 1. The number of anilines is 1. The highest BCUT2D eigenvalue weighted by atomic mass is 79.9. The van der Waals surface area contributed by atoms with Gasteiger partial charge in [0.1, 0.15) is 12.4 Å². The SMILES string of the molecule is COc1ccccc1OCCN1C(=O)S/C(=C\c2cc(Br)ccc2OCC(=O)Nc2cccc(C)c2)C1=O. The van der Waals surface area contributed by atoms with Crippen molar-refractivity contribution in [3.05, 3.63) is 87.2 Å². The minimum absolute atomic E-state index is 0.0844. The fraction of sp³-hybridized carbons (Fsp3) is 0.179. The molecule has 0 aromatic heterocycles. The second-order valence-electron chi connectivity index (χ2n) is 8.22. The molecule has 38 heavy (non-hydrogen) atoms. The van der Waals surface area contributed by atoms with E-state index >= 15 is 0 Å². The number of hydrogen-bond donors (Lipinski definition) is 1. The number of halogens is 1. The van der Waals surface area contributed by atoms with E-state index in [4.69, 9.17) is 14.2 Å². The van der Waals surface area contributed by atoms with Gasteiger partial charge in [-0.05, 0) is 72.8 Å². The molecule has 3 amide bonds. The largest absolute Gasteiger partial charge is 0.493 e. The maximum Gasteiger partial charge on any atom is 0.293 e. The van der Waals surface area contributed by atoms with Crippen LogP contribution in [0.4, 0.5) is 10.5 Å². The van der Waals surface area contributed by atoms with E-state index in [1.165, 1.54) is 0 Å². The molecule has 0 radical (unpaired) electrons. The van der Waals surface area contributed by atoms with Gasteiger partial charge in [-0.2, -0.15) is 0 Å². The first kappa shape index (κ1) is 27.3. The van der Waals surface area contributed by atoms with Crippen LogP contribution in [0.3, 0.4) is 0 Å². The van der Waals surface area contributed by atoms with Gasteiger partial charge in [-0.3, -0.25) is 19.3 Å². The summed E-state index contributed by atoms with van der Waals surface area (Å²) in [5.74, 6) is 0.752. The molecule has 0 atom stereocenters. The van der Waals surface area contributed by atoms with E-state index in [1.807, 2.05) is 37.3 Å². The highest BCUT2D eigenvalue weighted by Gasteiger charge is 2.35. The Morgan fingerprint density at radius 2 is 1.79 bits per heavy atom. The number of para-hydroxylation sites is 2. The predicted molar refractivity (Wildman–Crippen MR) is 151 cm³/mol. The van der Waals surface area contributed by atoms with E-state index < -0.39 is 5.91 Å². The Bertz CT molecular complexity index is 1390. The Labute approximate surface area is 233 Å². The molecule has 0 spiro atoms. The van der Waals surface area contributed by atoms with Crippen LogP contribution in [0.1, 0.15) is 11.1 Å². The summed E-state index contributed by atoms with van der Waals surface area (Å²) in [5, 5.41) is 2.41. The molecule has 10 heteroatoms. The summed E-state index contributed by atoms with van der Waals surface area (Å²) < 4.78 is 17.5. The smallest absolute Gasteiger partial charge is 0.293 e. The quantitative estimate of drug-likeness (QED) is 0.291. The average Bonchev–Trinajstić information content (AvgIpc) is 3.16. The lowest BCUT2D eigenvalue weighted by Crippen LogP contribution is -2.32. The van der Waals surface area contributed by atoms with E-state index in [0.717, 1.165) is 26.7 Å². The average molecular weight is 597 g/mol. The number of thioether (sulfide) groups is 1. The van der Waals surface area contributed by atoms with E-state index in [2.05, 4.69) is 21.2 Å². The van der Waals surface area contributed by atoms with Crippen molar-refractivity contribution in [3.8, 4) is 17.2 Å². The number of rotatable bonds is 10. The van der Waals surface area contributed by atoms with Crippen molar-refractivity contribution in [1.82, 2.24) is 4.90 Å². The van der Waals surface area contributed by atoms with Crippen molar-refractivity contribution in [1.29, 1.82) is 0 Å². The van der Waals surface area contributed by atoms with Crippen LogP contribution in [0.5, 0.6) is 17.2 Å². The lowest BCUT2D eigenvalue weighted by Gasteiger charge is -2.14. The Morgan fingerprint density at radius 1 is 1.00 bits per heavy atom. The Hall–Kier alpha value is -3.76. The number of aryl methyl sites for hydroxylation is 1. The van der Waals surface area contributed by atoms with Crippen LogP contribution >= 0.6 is 27.7 Å². The molecule has 196 valence electrons. The Balaban J connectivity index is 1.40. The van der Waals surface area contributed by atoms with Crippen molar-refractivity contribution < 1.29 is 28.6 Å². The summed E-state index contributed by atoms with van der Waals surface area (Å²) in [6, 6.07) is 19.8. The van der Waals surface area contributed by atoms with E-state index in [9.17, 15) is 14.4 Å². The highest BCUT2D eigenvalue weighted by molar-refractivity contribution is 9.10. The van der Waals surface area contributed by atoms with Crippen LogP contribution in [0.15, 0.2) is 76.1 Å². The Kier molecular flexibility index (Phi) is 9.09. The third kappa shape index (κ3) is 6.96. The van der Waals surface area contributed by atoms with Crippen molar-refractivity contribution in [3.63, 3.8) is 0 Å². The van der Waals surface area contributed by atoms with Crippen molar-refractivity contribution in [2.45, 2.75) is 6.92 Å². The maximum atomic E-state index is 13.0. The fourth-order valence-corrected chi connectivity index (χ4v) is 4.88. The second-order valence-corrected chi connectivity index (χ2v) is 10.1. The molecular weight excluding hydrogens is 572 g/mol. The second kappa shape index (κ2) is 12.7. The van der Waals surface area contributed by atoms with Gasteiger partial charge in [0.05, 0.1) is 18.6 Å². The van der Waals surface area contributed by atoms with Crippen LogP contribution in [0, 0.1) is 6.92 Å². The summed E-state index contributed by atoms with van der Waals surface area (Å²) in [7, 11) is 1.54. The van der Waals surface area contributed by atoms with Crippen molar-refractivity contribution in [2.75, 3.05) is 32.2 Å². The summed E-state index contributed by atoms with van der Waals surface area (Å²) >= 11 is 4.26. The maximum absolute atomic E-state index is 13.0. The molecule has 1 saturated heterocycles. The summed E-state index contributed by atoms with van der Waals surface area (Å²) in [5.41, 5.74) is 2.26. The molecule has 1 fully saturated rings. The van der Waals surface area contributed by atoms with Gasteiger partial charge in [0.15, 0.2) is 18.1 Å². The van der Waals surface area contributed by atoms with Gasteiger partial charge in [-0.25, -0.2) is 0 Å². The van der Waals surface area contributed by atoms with E-state index in [-0.39, 0.29) is 35.8 Å². The topological polar surface area (TPSA) is 94.2 Å². The van der Waals surface area contributed by atoms with Gasteiger partial charge in [-0.1, -0.05) is 40.2 Å². The number of benzene rings is 3. The zero-order valence-corrected chi connectivity index (χ0v) is 23.1. The molecule has 1 N–H and O–H groups in total. The van der Waals surface area contributed by atoms with Crippen molar-refractivity contribution >= 4 is 56.5 Å². The first-order chi connectivity index (χ1) is 18.3. The Morgan fingerprint density at radius 3 is 2.55 bits per heavy atom. The standard InChI is InChI=1S/C28H25BrN2O6S/c1-18-6-5-7-21(14-18)30-26(32)17-37-22-11-10-20(29)15-19(22)16-25-27(33)31(28(34)38-25)12-13-36-24-9-4-3-8-23(24)35-2/h3-11,14-16H,12-13,17H2,1-2H3,(H,30,32)/b25-16-. The number of methoxy groups -OCH3 is 1. The predicted octanol–water partition coefficient (Wildman–Crippen LogP) is 5.90. The number of nitrogens with zero attached hydrogens (tertiary/aromatic N) is 1. The van der Waals surface area contributed by atoms with Crippen LogP contribution in [0.25, 0.3) is 6.08 Å². The lowest BCUT2D eigenvalue weighted by molar-refractivity contribution is -0.123. The number of amides is 3. The molecule has 4 rings (SSSR count). The van der Waals surface area contributed by atoms with Gasteiger partial charge in [0.2, 0.25) is 0 Å². The number of ether oxygens (including phenoxy) is 3. The van der Waals surface area contributed by atoms with Gasteiger partial charge in [0, 0.05) is 15.7 Å². The van der Waals surface area contributed by atoms with Crippen LogP contribution in [0.2, 0.25) is 0 Å². The minimum atomic E-state index is -0.424. The minimum Gasteiger partial charge on any atom is -0.493 e. The molecule has 3 aromatic carbocycles. The van der Waals surface area contributed by atoms with Gasteiger partial charge in [0.25, 0.3) is 17.1 Å². The number of nitrogens with one attached hydrogen (secondary N) is 1. The molecule has 0 aliphatic carbocycles. The lowest BCUT2D eigenvalue weighted by atomic mass is 10.2. The van der Waals surface area contributed by atoms with Gasteiger partial charge in [-0.15, -0.1) is 0 Å².